The molecule has 0 atom stereocenters. The van der Waals surface area contributed by atoms with Gasteiger partial charge in [-0.15, -0.1) is 10.2 Å². The maximum absolute atomic E-state index is 12.4. The molecule has 0 aliphatic carbocycles. The van der Waals surface area contributed by atoms with E-state index in [1.165, 1.54) is 5.56 Å². The third kappa shape index (κ3) is 5.75. The van der Waals surface area contributed by atoms with Gasteiger partial charge in [0.2, 0.25) is 0 Å². The van der Waals surface area contributed by atoms with Crippen LogP contribution < -0.4 is 10.2 Å². The molecule has 1 aliphatic rings. The third-order valence-electron chi connectivity index (χ3n) is 5.64. The van der Waals surface area contributed by atoms with Crippen LogP contribution in [-0.2, 0) is 13.0 Å². The monoisotopic (exact) mass is 454 g/mol. The largest absolute Gasteiger partial charge is 0.355 e. The number of halogens is 2. The van der Waals surface area contributed by atoms with Gasteiger partial charge in [0, 0.05) is 29.7 Å². The van der Waals surface area contributed by atoms with Gasteiger partial charge in [-0.05, 0) is 60.6 Å². The summed E-state index contributed by atoms with van der Waals surface area (Å²) >= 11 is 12.1. The number of piperidine rings is 1. The van der Waals surface area contributed by atoms with Crippen LogP contribution in [0.15, 0.2) is 60.7 Å². The molecule has 1 saturated heterocycles. The van der Waals surface area contributed by atoms with Gasteiger partial charge in [-0.25, -0.2) is 0 Å². The van der Waals surface area contributed by atoms with Crippen LogP contribution >= 0.6 is 23.2 Å². The maximum atomic E-state index is 12.4. The average molecular weight is 455 g/mol. The van der Waals surface area contributed by atoms with Gasteiger partial charge in [0.05, 0.1) is 0 Å². The minimum atomic E-state index is -0.286. The number of nitrogens with one attached hydrogen (secondary N) is 1. The SMILES string of the molecule is O=C(NCc1ccc(Cl)cc1Cl)c1ccc(N2CCC(Cc3ccccc3)CC2)nn1. The summed E-state index contributed by atoms with van der Waals surface area (Å²) < 4.78 is 0. The lowest BCUT2D eigenvalue weighted by atomic mass is 9.90. The highest BCUT2D eigenvalue weighted by molar-refractivity contribution is 6.35. The second-order valence-electron chi connectivity index (χ2n) is 7.82. The van der Waals surface area contributed by atoms with Gasteiger partial charge < -0.3 is 10.2 Å². The fraction of sp³-hybridized carbons (Fsp3) is 0.292. The van der Waals surface area contributed by atoms with Gasteiger partial charge in [-0.1, -0.05) is 59.6 Å². The molecule has 7 heteroatoms. The highest BCUT2D eigenvalue weighted by Crippen LogP contribution is 2.24. The molecule has 5 nitrogen and oxygen atoms in total. The number of rotatable bonds is 6. The number of carbonyl (C=O) groups is 1. The number of aromatic nitrogens is 2. The molecular formula is C24H24Cl2N4O. The van der Waals surface area contributed by atoms with E-state index in [1.807, 2.05) is 6.07 Å². The van der Waals surface area contributed by atoms with Gasteiger partial charge >= 0.3 is 0 Å². The second-order valence-corrected chi connectivity index (χ2v) is 8.66. The molecule has 2 aromatic carbocycles. The van der Waals surface area contributed by atoms with Crippen LogP contribution in [0.5, 0.6) is 0 Å². The summed E-state index contributed by atoms with van der Waals surface area (Å²) in [7, 11) is 0. The zero-order valence-corrected chi connectivity index (χ0v) is 18.6. The lowest BCUT2D eigenvalue weighted by molar-refractivity contribution is 0.0945. The first-order valence-corrected chi connectivity index (χ1v) is 11.2. The van der Waals surface area contributed by atoms with E-state index in [4.69, 9.17) is 23.2 Å². The molecule has 0 saturated carbocycles. The van der Waals surface area contributed by atoms with Crippen molar-refractivity contribution in [2.75, 3.05) is 18.0 Å². The van der Waals surface area contributed by atoms with E-state index in [-0.39, 0.29) is 11.6 Å². The van der Waals surface area contributed by atoms with Crippen LogP contribution in [0.3, 0.4) is 0 Å². The number of hydrogen-bond acceptors (Lipinski definition) is 4. The number of amides is 1. The van der Waals surface area contributed by atoms with Crippen LogP contribution in [0.2, 0.25) is 10.0 Å². The number of carbonyl (C=O) groups excluding carboxylic acids is 1. The Labute approximate surface area is 192 Å². The predicted octanol–water partition coefficient (Wildman–Crippen LogP) is 5.17. The Bertz CT molecular complexity index is 1020. The Morgan fingerprint density at radius 2 is 1.77 bits per heavy atom. The van der Waals surface area contributed by atoms with E-state index in [1.54, 1.807) is 24.3 Å². The molecule has 3 aromatic rings. The number of hydrogen-bond donors (Lipinski definition) is 1. The van der Waals surface area contributed by atoms with Crippen LogP contribution in [0.25, 0.3) is 0 Å². The van der Waals surface area contributed by atoms with E-state index < -0.39 is 0 Å². The molecule has 0 bridgehead atoms. The van der Waals surface area contributed by atoms with E-state index in [2.05, 4.69) is 50.7 Å². The maximum Gasteiger partial charge on any atom is 0.272 e. The van der Waals surface area contributed by atoms with Crippen molar-refractivity contribution < 1.29 is 4.79 Å². The standard InChI is InChI=1S/C24H24Cl2N4O/c25-20-7-6-19(21(26)15-20)16-27-24(31)22-8-9-23(29-28-22)30-12-10-18(11-13-30)14-17-4-2-1-3-5-17/h1-9,15,18H,10-14,16H2,(H,27,31). The highest BCUT2D eigenvalue weighted by Gasteiger charge is 2.21. The van der Waals surface area contributed by atoms with Crippen LogP contribution in [0.1, 0.15) is 34.5 Å². The van der Waals surface area contributed by atoms with Crippen LogP contribution in [-0.4, -0.2) is 29.2 Å². The van der Waals surface area contributed by atoms with Crippen LogP contribution in [0, 0.1) is 5.92 Å². The molecule has 1 fully saturated rings. The Morgan fingerprint density at radius 3 is 2.45 bits per heavy atom. The van der Waals surface area contributed by atoms with Crippen molar-refractivity contribution in [2.45, 2.75) is 25.8 Å². The molecule has 0 spiro atoms. The molecule has 1 aliphatic heterocycles. The van der Waals surface area contributed by atoms with Crippen LogP contribution in [0.4, 0.5) is 5.82 Å². The molecule has 2 heterocycles. The minimum Gasteiger partial charge on any atom is -0.355 e. The first-order chi connectivity index (χ1) is 15.1. The first kappa shape index (κ1) is 21.6. The summed E-state index contributed by atoms with van der Waals surface area (Å²) in [6.07, 6.45) is 3.37. The zero-order chi connectivity index (χ0) is 21.6. The summed E-state index contributed by atoms with van der Waals surface area (Å²) in [6, 6.07) is 19.4. The summed E-state index contributed by atoms with van der Waals surface area (Å²) in [5.74, 6) is 1.22. The molecular weight excluding hydrogens is 431 g/mol. The topological polar surface area (TPSA) is 58.1 Å². The second kappa shape index (κ2) is 10.1. The minimum absolute atomic E-state index is 0.285. The highest BCUT2D eigenvalue weighted by atomic mass is 35.5. The number of nitrogens with zero attached hydrogens (tertiary/aromatic N) is 3. The van der Waals surface area contributed by atoms with Crippen molar-refractivity contribution in [1.82, 2.24) is 15.5 Å². The molecule has 1 aromatic heterocycles. The molecule has 31 heavy (non-hydrogen) atoms. The summed E-state index contributed by atoms with van der Waals surface area (Å²) in [4.78, 5) is 14.6. The Balaban J connectivity index is 1.28. The van der Waals surface area contributed by atoms with Gasteiger partial charge in [-0.2, -0.15) is 0 Å². The number of anilines is 1. The summed E-state index contributed by atoms with van der Waals surface area (Å²) in [5.41, 5.74) is 2.48. The van der Waals surface area contributed by atoms with E-state index in [0.717, 1.165) is 43.7 Å². The summed E-state index contributed by atoms with van der Waals surface area (Å²) in [6.45, 7) is 2.20. The third-order valence-corrected chi connectivity index (χ3v) is 6.23. The molecule has 1 amide bonds. The fourth-order valence-electron chi connectivity index (χ4n) is 3.86. The number of benzene rings is 2. The van der Waals surface area contributed by atoms with Gasteiger partial charge in [0.1, 0.15) is 0 Å². The van der Waals surface area contributed by atoms with E-state index in [0.29, 0.717) is 22.5 Å². The van der Waals surface area contributed by atoms with E-state index in [9.17, 15) is 4.79 Å². The lowest BCUT2D eigenvalue weighted by Gasteiger charge is -2.32. The molecule has 1 N–H and O–H groups in total. The fourth-order valence-corrected chi connectivity index (χ4v) is 4.34. The van der Waals surface area contributed by atoms with Crippen molar-refractivity contribution in [3.63, 3.8) is 0 Å². The Morgan fingerprint density at radius 1 is 1.00 bits per heavy atom. The quantitative estimate of drug-likeness (QED) is 0.557. The average Bonchev–Trinajstić information content (AvgIpc) is 2.80. The predicted molar refractivity (Wildman–Crippen MR) is 125 cm³/mol. The van der Waals surface area contributed by atoms with E-state index >= 15 is 0 Å². The molecule has 160 valence electrons. The van der Waals surface area contributed by atoms with Crippen molar-refractivity contribution in [1.29, 1.82) is 0 Å². The van der Waals surface area contributed by atoms with Crippen molar-refractivity contribution >= 4 is 34.9 Å². The van der Waals surface area contributed by atoms with Gasteiger partial charge in [0.15, 0.2) is 11.5 Å². The lowest BCUT2D eigenvalue weighted by Crippen LogP contribution is -2.35. The normalized spacial score (nSPS) is 14.5. The zero-order valence-electron chi connectivity index (χ0n) is 17.1. The summed E-state index contributed by atoms with van der Waals surface area (Å²) in [5, 5.41) is 12.3. The van der Waals surface area contributed by atoms with Crippen molar-refractivity contribution in [3.05, 3.63) is 87.5 Å². The first-order valence-electron chi connectivity index (χ1n) is 10.4. The smallest absolute Gasteiger partial charge is 0.272 e. The Kier molecular flexibility index (Phi) is 7.05. The Hall–Kier alpha value is -2.63. The molecule has 4 rings (SSSR count). The molecule has 0 radical (unpaired) electrons. The van der Waals surface area contributed by atoms with Crippen molar-refractivity contribution in [3.8, 4) is 0 Å². The van der Waals surface area contributed by atoms with Crippen molar-refractivity contribution in [2.24, 2.45) is 5.92 Å². The van der Waals surface area contributed by atoms with Gasteiger partial charge in [-0.3, -0.25) is 4.79 Å². The molecule has 0 unspecified atom stereocenters. The van der Waals surface area contributed by atoms with Gasteiger partial charge in [0.25, 0.3) is 5.91 Å².